The lowest BCUT2D eigenvalue weighted by atomic mass is 9.70. The highest BCUT2D eigenvalue weighted by Gasteiger charge is 2.40. The van der Waals surface area contributed by atoms with Crippen molar-refractivity contribution in [3.63, 3.8) is 0 Å². The molecule has 1 aromatic carbocycles. The highest BCUT2D eigenvalue weighted by molar-refractivity contribution is 8.02. The van der Waals surface area contributed by atoms with Crippen molar-refractivity contribution < 1.29 is 28.7 Å². The van der Waals surface area contributed by atoms with E-state index in [2.05, 4.69) is 48.1 Å². The summed E-state index contributed by atoms with van der Waals surface area (Å²) in [5.41, 5.74) is 2.02. The maximum Gasteiger partial charge on any atom is 0.238 e. The van der Waals surface area contributed by atoms with Gasteiger partial charge in [-0.1, -0.05) is 37.5 Å². The number of rotatable bonds is 28. The average Bonchev–Trinajstić information content (AvgIpc) is 3.27. The Balaban J connectivity index is 1.09. The number of pyridine rings is 1. The molecule has 0 radical (unpaired) electrons. The average molecular weight is 863 g/mol. The number of anilines is 2. The van der Waals surface area contributed by atoms with Gasteiger partial charge in [0.1, 0.15) is 18.4 Å². The van der Waals surface area contributed by atoms with E-state index in [4.69, 9.17) is 9.72 Å². The SMILES string of the molecule is C=N/C=C\SCNc1cccc(CC2(C(=O)NCCN3CCN(CCOCCNCC(=O)Nc4cccc(C=O)c4CN(C)C(C=O)CCC(=O)NC)CC3)CCCCC2)n1. The number of carbonyl (C=O) groups is 5. The summed E-state index contributed by atoms with van der Waals surface area (Å²) in [6, 6.07) is 10.5. The van der Waals surface area contributed by atoms with E-state index in [-0.39, 0.29) is 37.2 Å². The number of amides is 3. The standard InChI is InChI=1S/C44H66N10O6S/c1-45-19-28-61-34-49-40-12-8-10-36(50-40)29-44(15-5-4-6-16-44)43(59)48-17-20-53-21-23-54(24-22-53)25-27-60-26-18-47-30-42(58)51-39-11-7-9-35(32-55)38(39)31-52(3)37(33-56)13-14-41(57)46-2/h7-12,19,28,32-33,37,47H,1,4-6,13-18,20-27,29-31,34H2,2-3H3,(H,46,57)(H,48,59)(H,49,50)(H,51,58)/b28-19-. The van der Waals surface area contributed by atoms with Crippen LogP contribution in [-0.4, -0.2) is 155 Å². The minimum absolute atomic E-state index is 0.0621. The molecule has 334 valence electrons. The van der Waals surface area contributed by atoms with Gasteiger partial charge in [-0.3, -0.25) is 38.9 Å². The summed E-state index contributed by atoms with van der Waals surface area (Å²) >= 11 is 1.58. The summed E-state index contributed by atoms with van der Waals surface area (Å²) in [6.07, 6.45) is 9.39. The first-order valence-electron chi connectivity index (χ1n) is 21.4. The number of likely N-dealkylation sites (N-methyl/N-ethyl adjacent to an activating group) is 1. The van der Waals surface area contributed by atoms with E-state index in [0.29, 0.717) is 61.8 Å². The fourth-order valence-electron chi connectivity index (χ4n) is 7.75. The topological polar surface area (TPSA) is 190 Å². The Bertz CT molecular complexity index is 1730. The quantitative estimate of drug-likeness (QED) is 0.0364. The number of benzene rings is 1. The second-order valence-electron chi connectivity index (χ2n) is 15.6. The number of thioether (sulfide) groups is 1. The molecule has 2 fully saturated rings. The lowest BCUT2D eigenvalue weighted by molar-refractivity contribution is -0.133. The summed E-state index contributed by atoms with van der Waals surface area (Å²) in [5, 5.41) is 17.1. The van der Waals surface area contributed by atoms with Crippen molar-refractivity contribution in [2.24, 2.45) is 10.4 Å². The Morgan fingerprint density at radius 1 is 1.00 bits per heavy atom. The molecular weight excluding hydrogens is 797 g/mol. The van der Waals surface area contributed by atoms with Crippen molar-refractivity contribution in [1.82, 2.24) is 35.6 Å². The van der Waals surface area contributed by atoms with Crippen molar-refractivity contribution in [2.75, 3.05) is 103 Å². The van der Waals surface area contributed by atoms with Crippen LogP contribution < -0.4 is 26.6 Å². The van der Waals surface area contributed by atoms with Crippen LogP contribution in [0.2, 0.25) is 0 Å². The highest BCUT2D eigenvalue weighted by atomic mass is 32.2. The van der Waals surface area contributed by atoms with Crippen LogP contribution in [0, 0.1) is 5.41 Å². The molecule has 17 heteroatoms. The molecule has 2 aromatic rings. The molecule has 1 saturated heterocycles. The predicted octanol–water partition coefficient (Wildman–Crippen LogP) is 3.17. The van der Waals surface area contributed by atoms with E-state index in [1.807, 2.05) is 23.6 Å². The van der Waals surface area contributed by atoms with E-state index < -0.39 is 11.5 Å². The van der Waals surface area contributed by atoms with Gasteiger partial charge in [-0.15, -0.1) is 11.8 Å². The smallest absolute Gasteiger partial charge is 0.238 e. The number of aliphatic imine (C=N–C) groups is 1. The summed E-state index contributed by atoms with van der Waals surface area (Å²) in [7, 11) is 3.30. The van der Waals surface area contributed by atoms with Gasteiger partial charge in [-0.25, -0.2) is 4.98 Å². The van der Waals surface area contributed by atoms with Crippen LogP contribution in [0.25, 0.3) is 0 Å². The summed E-state index contributed by atoms with van der Waals surface area (Å²) < 4.78 is 5.86. The van der Waals surface area contributed by atoms with Crippen LogP contribution in [0.4, 0.5) is 11.5 Å². The van der Waals surface area contributed by atoms with Gasteiger partial charge in [0.25, 0.3) is 0 Å². The number of hydrogen-bond donors (Lipinski definition) is 5. The Morgan fingerprint density at radius 2 is 1.75 bits per heavy atom. The monoisotopic (exact) mass is 862 g/mol. The molecule has 1 aliphatic heterocycles. The highest BCUT2D eigenvalue weighted by Crippen LogP contribution is 2.39. The first-order chi connectivity index (χ1) is 29.7. The molecule has 1 aliphatic carbocycles. The zero-order chi connectivity index (χ0) is 43.7. The second-order valence-corrected chi connectivity index (χ2v) is 16.5. The molecular formula is C44H66N10O6S. The van der Waals surface area contributed by atoms with Gasteiger partial charge in [0, 0.05) is 108 Å². The van der Waals surface area contributed by atoms with Crippen LogP contribution in [0.5, 0.6) is 0 Å². The van der Waals surface area contributed by atoms with Gasteiger partial charge in [-0.2, -0.15) is 0 Å². The molecule has 16 nitrogen and oxygen atoms in total. The molecule has 2 aliphatic rings. The van der Waals surface area contributed by atoms with Gasteiger partial charge in [-0.05, 0) is 56.6 Å². The van der Waals surface area contributed by atoms with E-state index >= 15 is 0 Å². The van der Waals surface area contributed by atoms with Gasteiger partial charge in [0.15, 0.2) is 0 Å². The lowest BCUT2D eigenvalue weighted by Crippen LogP contribution is -2.50. The summed E-state index contributed by atoms with van der Waals surface area (Å²) in [4.78, 5) is 77.0. The van der Waals surface area contributed by atoms with Crippen LogP contribution in [0.15, 0.2) is 53.0 Å². The van der Waals surface area contributed by atoms with Crippen molar-refractivity contribution in [3.05, 3.63) is 64.8 Å². The number of nitrogens with one attached hydrogen (secondary N) is 5. The molecule has 1 saturated carbocycles. The van der Waals surface area contributed by atoms with Crippen LogP contribution in [0.3, 0.4) is 0 Å². The second kappa shape index (κ2) is 27.4. The van der Waals surface area contributed by atoms with Gasteiger partial charge < -0.3 is 36.1 Å². The number of aromatic nitrogens is 1. The van der Waals surface area contributed by atoms with Crippen molar-refractivity contribution in [3.8, 4) is 0 Å². The summed E-state index contributed by atoms with van der Waals surface area (Å²) in [6.45, 7) is 11.3. The Morgan fingerprint density at radius 3 is 2.48 bits per heavy atom. The fourth-order valence-corrected chi connectivity index (χ4v) is 8.24. The molecule has 1 aromatic heterocycles. The van der Waals surface area contributed by atoms with E-state index in [1.165, 1.54) is 0 Å². The normalized spacial score (nSPS) is 16.2. The molecule has 0 bridgehead atoms. The van der Waals surface area contributed by atoms with E-state index in [0.717, 1.165) is 95.5 Å². The minimum atomic E-state index is -0.529. The van der Waals surface area contributed by atoms with E-state index in [9.17, 15) is 24.0 Å². The molecule has 3 amide bonds. The van der Waals surface area contributed by atoms with Gasteiger partial charge in [0.2, 0.25) is 17.7 Å². The van der Waals surface area contributed by atoms with Gasteiger partial charge >= 0.3 is 0 Å². The van der Waals surface area contributed by atoms with Crippen molar-refractivity contribution in [1.29, 1.82) is 0 Å². The number of hydrogen-bond acceptors (Lipinski definition) is 14. The summed E-state index contributed by atoms with van der Waals surface area (Å²) in [5.74, 6) is 1.20. The largest absolute Gasteiger partial charge is 0.379 e. The molecule has 1 unspecified atom stereocenters. The molecule has 61 heavy (non-hydrogen) atoms. The molecule has 2 heterocycles. The molecule has 4 rings (SSSR count). The lowest BCUT2D eigenvalue weighted by Gasteiger charge is -2.37. The first kappa shape index (κ1) is 49.1. The van der Waals surface area contributed by atoms with Crippen molar-refractivity contribution >= 4 is 60.3 Å². The molecule has 5 N–H and O–H groups in total. The number of nitrogens with zero attached hydrogens (tertiary/aromatic N) is 5. The number of carbonyl (C=O) groups excluding carboxylic acids is 5. The third-order valence-corrected chi connectivity index (χ3v) is 12.0. The van der Waals surface area contributed by atoms with Gasteiger partial charge in [0.05, 0.1) is 37.1 Å². The third-order valence-electron chi connectivity index (χ3n) is 11.3. The van der Waals surface area contributed by atoms with Crippen LogP contribution in [0.1, 0.15) is 66.6 Å². The number of aldehydes is 2. The van der Waals surface area contributed by atoms with E-state index in [1.54, 1.807) is 55.2 Å². The minimum Gasteiger partial charge on any atom is -0.379 e. The van der Waals surface area contributed by atoms with Crippen LogP contribution in [-0.2, 0) is 36.9 Å². The molecule has 0 spiro atoms. The third kappa shape index (κ3) is 17.0. The predicted molar refractivity (Wildman–Crippen MR) is 243 cm³/mol. The fraction of sp³-hybridized carbons (Fsp3) is 0.568. The zero-order valence-corrected chi connectivity index (χ0v) is 36.8. The Kier molecular flexibility index (Phi) is 22.1. The first-order valence-corrected chi connectivity index (χ1v) is 22.4. The Labute approximate surface area is 365 Å². The zero-order valence-electron chi connectivity index (χ0n) is 36.0. The Hall–Kier alpha value is -4.52. The maximum absolute atomic E-state index is 13.8. The number of piperazine rings is 1. The maximum atomic E-state index is 13.8. The molecule has 1 atom stereocenters. The number of ether oxygens (including phenoxy) is 1. The van der Waals surface area contributed by atoms with Crippen LogP contribution >= 0.6 is 11.8 Å². The van der Waals surface area contributed by atoms with Crippen molar-refractivity contribution in [2.45, 2.75) is 64.0 Å².